The minimum atomic E-state index is -4.52. The van der Waals surface area contributed by atoms with Gasteiger partial charge in [0.05, 0.1) is 12.0 Å². The van der Waals surface area contributed by atoms with Gasteiger partial charge < -0.3 is 20.9 Å². The highest BCUT2D eigenvalue weighted by Crippen LogP contribution is 2.39. The number of benzene rings is 1. The van der Waals surface area contributed by atoms with Crippen LogP contribution in [0.1, 0.15) is 12.8 Å². The lowest BCUT2D eigenvalue weighted by Gasteiger charge is -2.43. The summed E-state index contributed by atoms with van der Waals surface area (Å²) in [4.78, 5) is 23.1. The van der Waals surface area contributed by atoms with Crippen LogP contribution in [0, 0.1) is 11.7 Å². The molecule has 0 aliphatic carbocycles. The van der Waals surface area contributed by atoms with Crippen molar-refractivity contribution in [1.82, 2.24) is 14.9 Å². The zero-order valence-corrected chi connectivity index (χ0v) is 18.6. The fraction of sp³-hybridized carbons (Fsp3) is 0.450. The van der Waals surface area contributed by atoms with Crippen molar-refractivity contribution in [1.29, 1.82) is 0 Å². The van der Waals surface area contributed by atoms with Crippen molar-refractivity contribution in [3.63, 3.8) is 0 Å². The third-order valence-corrected chi connectivity index (χ3v) is 6.38. The van der Waals surface area contributed by atoms with E-state index in [1.807, 2.05) is 0 Å². The highest BCUT2D eigenvalue weighted by Gasteiger charge is 2.52. The summed E-state index contributed by atoms with van der Waals surface area (Å²) in [6.07, 6.45) is -3.50. The van der Waals surface area contributed by atoms with Crippen LogP contribution in [0.2, 0.25) is 10.0 Å². The molecule has 33 heavy (non-hydrogen) atoms. The Bertz CT molecular complexity index is 1040. The Kier molecular flexibility index (Phi) is 6.45. The first-order valence-electron chi connectivity index (χ1n) is 10.2. The largest absolute Gasteiger partial charge is 0.393 e. The average molecular weight is 507 g/mol. The van der Waals surface area contributed by atoms with Crippen molar-refractivity contribution in [2.24, 2.45) is 5.92 Å². The molecule has 3 unspecified atom stereocenters. The molecule has 0 bridgehead atoms. The van der Waals surface area contributed by atoms with Gasteiger partial charge in [-0.25, -0.2) is 9.97 Å². The molecule has 3 heterocycles. The quantitative estimate of drug-likeness (QED) is 0.610. The van der Waals surface area contributed by atoms with E-state index in [-0.39, 0.29) is 31.9 Å². The van der Waals surface area contributed by atoms with Crippen LogP contribution in [-0.4, -0.2) is 58.7 Å². The number of amides is 1. The number of alkyl halides is 3. The van der Waals surface area contributed by atoms with Gasteiger partial charge in [0.25, 0.3) is 0 Å². The predicted molar refractivity (Wildman–Crippen MR) is 117 cm³/mol. The summed E-state index contributed by atoms with van der Waals surface area (Å²) in [5.74, 6) is -3.69. The van der Waals surface area contributed by atoms with Crippen molar-refractivity contribution >= 4 is 46.4 Å². The van der Waals surface area contributed by atoms with Crippen LogP contribution in [0.5, 0.6) is 0 Å². The molecule has 3 atom stereocenters. The van der Waals surface area contributed by atoms with Crippen LogP contribution >= 0.6 is 23.2 Å². The number of nitrogens with one attached hydrogen (secondary N) is 1. The normalized spacial score (nSPS) is 23.8. The lowest BCUT2D eigenvalue weighted by atomic mass is 9.89. The molecule has 13 heteroatoms. The first-order valence-corrected chi connectivity index (χ1v) is 10.9. The van der Waals surface area contributed by atoms with Crippen LogP contribution in [0.3, 0.4) is 0 Å². The van der Waals surface area contributed by atoms with Gasteiger partial charge in [0, 0.05) is 35.4 Å². The molecule has 1 amide bonds. The molecule has 0 spiro atoms. The van der Waals surface area contributed by atoms with Gasteiger partial charge in [-0.3, -0.25) is 4.79 Å². The number of rotatable bonds is 4. The van der Waals surface area contributed by atoms with Gasteiger partial charge >= 0.3 is 6.18 Å². The number of carbonyl (C=O) groups is 1. The Balaban J connectivity index is 1.57. The van der Waals surface area contributed by atoms with E-state index in [0.717, 1.165) is 6.33 Å². The number of carbonyl (C=O) groups excluding carboxylic acids is 1. The Labute approximate surface area is 196 Å². The molecular weight excluding hydrogens is 487 g/mol. The molecular formula is C20H20Cl2F4N6O. The third-order valence-electron chi connectivity index (χ3n) is 5.94. The van der Waals surface area contributed by atoms with E-state index >= 15 is 0 Å². The van der Waals surface area contributed by atoms with E-state index in [0.29, 0.717) is 22.2 Å². The van der Waals surface area contributed by atoms with Gasteiger partial charge in [0.15, 0.2) is 11.6 Å². The molecule has 1 aromatic carbocycles. The Morgan fingerprint density at radius 3 is 2.45 bits per heavy atom. The van der Waals surface area contributed by atoms with E-state index < -0.39 is 41.7 Å². The topological polar surface area (TPSA) is 87.4 Å². The monoisotopic (exact) mass is 506 g/mol. The standard InChI is InChI=1S/C20H20Cl2F4N6O/c21-10-5-11(22)7-12(6-10)30-14-2-4-32(19(14)33)15-8-31(3-1-13(15)20(24,25)26)18-16(23)17(27)28-9-29-18/h5-7,9,13-15,30H,1-4,8H2,(H2,27,28,29). The second-order valence-electron chi connectivity index (χ2n) is 8.02. The van der Waals surface area contributed by atoms with E-state index in [4.69, 9.17) is 28.9 Å². The number of hydrogen-bond acceptors (Lipinski definition) is 6. The Morgan fingerprint density at radius 2 is 1.79 bits per heavy atom. The number of likely N-dealkylation sites (tertiary alicyclic amines) is 1. The minimum absolute atomic E-state index is 0.0846. The summed E-state index contributed by atoms with van der Waals surface area (Å²) in [6.45, 7) is -0.206. The second kappa shape index (κ2) is 9.02. The molecule has 2 aromatic rings. The first-order chi connectivity index (χ1) is 15.5. The number of halogens is 6. The molecule has 4 rings (SSSR count). The number of aromatic nitrogens is 2. The molecule has 7 nitrogen and oxygen atoms in total. The number of nitrogens with two attached hydrogens (primary N) is 1. The van der Waals surface area contributed by atoms with Crippen molar-refractivity contribution in [3.8, 4) is 0 Å². The van der Waals surface area contributed by atoms with Crippen molar-refractivity contribution in [2.75, 3.05) is 35.6 Å². The Morgan fingerprint density at radius 1 is 1.09 bits per heavy atom. The maximum atomic E-state index is 14.4. The van der Waals surface area contributed by atoms with E-state index in [1.165, 1.54) is 15.9 Å². The van der Waals surface area contributed by atoms with Crippen molar-refractivity contribution in [3.05, 3.63) is 40.4 Å². The maximum Gasteiger partial charge on any atom is 0.393 e. The van der Waals surface area contributed by atoms with Crippen LogP contribution in [0.4, 0.5) is 34.9 Å². The lowest BCUT2D eigenvalue weighted by molar-refractivity contribution is -0.195. The van der Waals surface area contributed by atoms with Gasteiger partial charge in [-0.2, -0.15) is 17.6 Å². The number of nitrogens with zero attached hydrogens (tertiary/aromatic N) is 4. The average Bonchev–Trinajstić information content (AvgIpc) is 3.08. The van der Waals surface area contributed by atoms with E-state index in [1.54, 1.807) is 12.1 Å². The highest BCUT2D eigenvalue weighted by molar-refractivity contribution is 6.35. The summed E-state index contributed by atoms with van der Waals surface area (Å²) in [7, 11) is 0. The molecule has 0 saturated carbocycles. The molecule has 1 aromatic heterocycles. The zero-order valence-electron chi connectivity index (χ0n) is 17.1. The van der Waals surface area contributed by atoms with Crippen molar-refractivity contribution < 1.29 is 22.4 Å². The highest BCUT2D eigenvalue weighted by atomic mass is 35.5. The molecule has 178 valence electrons. The number of piperidine rings is 1. The smallest absolute Gasteiger partial charge is 0.381 e. The summed E-state index contributed by atoms with van der Waals surface area (Å²) < 4.78 is 56.0. The molecule has 2 fully saturated rings. The van der Waals surface area contributed by atoms with Gasteiger partial charge in [-0.05, 0) is 31.0 Å². The third kappa shape index (κ3) is 4.89. The minimum Gasteiger partial charge on any atom is -0.381 e. The second-order valence-corrected chi connectivity index (χ2v) is 8.89. The van der Waals surface area contributed by atoms with E-state index in [2.05, 4.69) is 15.3 Å². The maximum absolute atomic E-state index is 14.4. The van der Waals surface area contributed by atoms with E-state index in [9.17, 15) is 22.4 Å². The molecule has 2 aliphatic heterocycles. The van der Waals surface area contributed by atoms with Crippen molar-refractivity contribution in [2.45, 2.75) is 31.1 Å². The molecule has 3 N–H and O–H groups in total. The van der Waals surface area contributed by atoms with Gasteiger partial charge in [-0.15, -0.1) is 0 Å². The number of anilines is 3. The number of hydrogen-bond donors (Lipinski definition) is 2. The summed E-state index contributed by atoms with van der Waals surface area (Å²) in [5.41, 5.74) is 5.98. The SMILES string of the molecule is Nc1ncnc(N2CCC(C(F)(F)F)C(N3CCC(Nc4cc(Cl)cc(Cl)c4)C3=O)C2)c1F. The summed E-state index contributed by atoms with van der Waals surface area (Å²) in [5, 5.41) is 3.72. The fourth-order valence-corrected chi connectivity index (χ4v) is 4.95. The first kappa shape index (κ1) is 23.6. The zero-order chi connectivity index (χ0) is 23.9. The molecule has 2 aliphatic rings. The summed E-state index contributed by atoms with van der Waals surface area (Å²) in [6, 6.07) is 2.73. The number of nitrogen functional groups attached to an aromatic ring is 1. The molecule has 2 saturated heterocycles. The lowest BCUT2D eigenvalue weighted by Crippen LogP contribution is -2.58. The van der Waals surface area contributed by atoms with Crippen LogP contribution < -0.4 is 16.0 Å². The predicted octanol–water partition coefficient (Wildman–Crippen LogP) is 3.97. The van der Waals surface area contributed by atoms with Gasteiger partial charge in [0.2, 0.25) is 11.7 Å². The summed E-state index contributed by atoms with van der Waals surface area (Å²) >= 11 is 12.0. The van der Waals surface area contributed by atoms with Crippen LogP contribution in [0.25, 0.3) is 0 Å². The molecule has 0 radical (unpaired) electrons. The Hall–Kier alpha value is -2.53. The van der Waals surface area contributed by atoms with Crippen LogP contribution in [0.15, 0.2) is 24.5 Å². The van der Waals surface area contributed by atoms with Gasteiger partial charge in [-0.1, -0.05) is 23.2 Å². The fourth-order valence-electron chi connectivity index (χ4n) is 4.42. The van der Waals surface area contributed by atoms with Gasteiger partial charge in [0.1, 0.15) is 12.4 Å². The van der Waals surface area contributed by atoms with Crippen LogP contribution in [-0.2, 0) is 4.79 Å².